The SMILES string of the molecule is CCC(C)(N)COCCOCC(C)C. The van der Waals surface area contributed by atoms with Gasteiger partial charge in [-0.25, -0.2) is 0 Å². The Morgan fingerprint density at radius 3 is 2.29 bits per heavy atom. The van der Waals surface area contributed by atoms with Crippen LogP contribution >= 0.6 is 0 Å². The van der Waals surface area contributed by atoms with Crippen molar-refractivity contribution in [2.24, 2.45) is 11.7 Å². The van der Waals surface area contributed by atoms with Gasteiger partial charge >= 0.3 is 0 Å². The Balaban J connectivity index is 3.21. The highest BCUT2D eigenvalue weighted by molar-refractivity contribution is 4.75. The molecule has 0 aromatic rings. The zero-order valence-electron chi connectivity index (χ0n) is 10.0. The zero-order chi connectivity index (χ0) is 11.0. The molecular weight excluding hydrogens is 178 g/mol. The van der Waals surface area contributed by atoms with Gasteiger partial charge in [0.2, 0.25) is 0 Å². The first-order chi connectivity index (χ1) is 6.48. The molecule has 0 aromatic carbocycles. The van der Waals surface area contributed by atoms with Gasteiger partial charge in [-0.05, 0) is 19.3 Å². The molecule has 0 bridgehead atoms. The van der Waals surface area contributed by atoms with Crippen molar-refractivity contribution in [3.8, 4) is 0 Å². The average molecular weight is 203 g/mol. The van der Waals surface area contributed by atoms with Crippen LogP contribution in [0.5, 0.6) is 0 Å². The second-order valence-corrected chi connectivity index (χ2v) is 4.53. The van der Waals surface area contributed by atoms with Crippen LogP contribution in [-0.2, 0) is 9.47 Å². The third kappa shape index (κ3) is 8.48. The van der Waals surface area contributed by atoms with Crippen LogP contribution in [-0.4, -0.2) is 32.0 Å². The summed E-state index contributed by atoms with van der Waals surface area (Å²) in [5.74, 6) is 0.588. The largest absolute Gasteiger partial charge is 0.379 e. The average Bonchev–Trinajstić information content (AvgIpc) is 2.10. The first-order valence-electron chi connectivity index (χ1n) is 5.42. The Hall–Kier alpha value is -0.120. The van der Waals surface area contributed by atoms with E-state index >= 15 is 0 Å². The fourth-order valence-electron chi connectivity index (χ4n) is 0.844. The lowest BCUT2D eigenvalue weighted by atomic mass is 10.0. The summed E-state index contributed by atoms with van der Waals surface area (Å²) in [7, 11) is 0. The van der Waals surface area contributed by atoms with Crippen LogP contribution in [0.15, 0.2) is 0 Å². The molecule has 0 aliphatic rings. The van der Waals surface area contributed by atoms with Gasteiger partial charge in [0, 0.05) is 12.1 Å². The lowest BCUT2D eigenvalue weighted by molar-refractivity contribution is 0.0218. The molecule has 0 heterocycles. The van der Waals surface area contributed by atoms with E-state index in [2.05, 4.69) is 20.8 Å². The molecule has 2 N–H and O–H groups in total. The van der Waals surface area contributed by atoms with Gasteiger partial charge in [0.15, 0.2) is 0 Å². The van der Waals surface area contributed by atoms with Crippen molar-refractivity contribution in [1.29, 1.82) is 0 Å². The van der Waals surface area contributed by atoms with Crippen molar-refractivity contribution in [3.05, 3.63) is 0 Å². The molecule has 0 aliphatic carbocycles. The summed E-state index contributed by atoms with van der Waals surface area (Å²) in [5, 5.41) is 0. The Kier molecular flexibility index (Phi) is 7.15. The van der Waals surface area contributed by atoms with Gasteiger partial charge in [0.25, 0.3) is 0 Å². The highest BCUT2D eigenvalue weighted by Gasteiger charge is 2.14. The fraction of sp³-hybridized carbons (Fsp3) is 1.00. The van der Waals surface area contributed by atoms with Crippen LogP contribution < -0.4 is 5.73 Å². The van der Waals surface area contributed by atoms with E-state index in [1.165, 1.54) is 0 Å². The highest BCUT2D eigenvalue weighted by atomic mass is 16.5. The summed E-state index contributed by atoms with van der Waals surface area (Å²) >= 11 is 0. The Morgan fingerprint density at radius 2 is 1.79 bits per heavy atom. The zero-order valence-corrected chi connectivity index (χ0v) is 10.0. The molecule has 0 rings (SSSR count). The Morgan fingerprint density at radius 1 is 1.21 bits per heavy atom. The van der Waals surface area contributed by atoms with Crippen molar-refractivity contribution in [2.75, 3.05) is 26.4 Å². The normalized spacial score (nSPS) is 15.9. The van der Waals surface area contributed by atoms with E-state index in [9.17, 15) is 0 Å². The van der Waals surface area contributed by atoms with Gasteiger partial charge < -0.3 is 15.2 Å². The standard InChI is InChI=1S/C11H25NO2/c1-5-11(4,12)9-14-7-6-13-8-10(2)3/h10H,5-9,12H2,1-4H3. The summed E-state index contributed by atoms with van der Waals surface area (Å²) in [4.78, 5) is 0. The first kappa shape index (κ1) is 13.9. The third-order valence-corrected chi connectivity index (χ3v) is 2.06. The second-order valence-electron chi connectivity index (χ2n) is 4.53. The predicted octanol–water partition coefficient (Wildman–Crippen LogP) is 1.80. The fourth-order valence-corrected chi connectivity index (χ4v) is 0.844. The molecule has 0 aromatic heterocycles. The maximum atomic E-state index is 5.91. The molecule has 86 valence electrons. The van der Waals surface area contributed by atoms with E-state index in [4.69, 9.17) is 15.2 Å². The monoisotopic (exact) mass is 203 g/mol. The lowest BCUT2D eigenvalue weighted by Crippen LogP contribution is -2.40. The molecule has 14 heavy (non-hydrogen) atoms. The summed E-state index contributed by atoms with van der Waals surface area (Å²) in [6.07, 6.45) is 0.930. The van der Waals surface area contributed by atoms with Gasteiger partial charge in [-0.2, -0.15) is 0 Å². The number of hydrogen-bond acceptors (Lipinski definition) is 3. The molecule has 0 fully saturated rings. The van der Waals surface area contributed by atoms with E-state index in [-0.39, 0.29) is 5.54 Å². The quantitative estimate of drug-likeness (QED) is 0.612. The minimum Gasteiger partial charge on any atom is -0.379 e. The van der Waals surface area contributed by atoms with E-state index in [0.717, 1.165) is 13.0 Å². The molecule has 0 saturated heterocycles. The molecule has 3 heteroatoms. The van der Waals surface area contributed by atoms with E-state index in [1.54, 1.807) is 0 Å². The molecule has 0 spiro atoms. The molecular formula is C11H25NO2. The van der Waals surface area contributed by atoms with Gasteiger partial charge in [-0.1, -0.05) is 20.8 Å². The summed E-state index contributed by atoms with van der Waals surface area (Å²) < 4.78 is 10.8. The van der Waals surface area contributed by atoms with E-state index in [0.29, 0.717) is 25.7 Å². The van der Waals surface area contributed by atoms with Crippen molar-refractivity contribution < 1.29 is 9.47 Å². The summed E-state index contributed by atoms with van der Waals surface area (Å²) in [6.45, 7) is 11.0. The van der Waals surface area contributed by atoms with Gasteiger partial charge in [-0.15, -0.1) is 0 Å². The van der Waals surface area contributed by atoms with Crippen LogP contribution in [0.4, 0.5) is 0 Å². The highest BCUT2D eigenvalue weighted by Crippen LogP contribution is 2.04. The van der Waals surface area contributed by atoms with Gasteiger partial charge in [0.1, 0.15) is 0 Å². The summed E-state index contributed by atoms with van der Waals surface area (Å²) in [5.41, 5.74) is 5.72. The maximum Gasteiger partial charge on any atom is 0.0701 e. The molecule has 0 amide bonds. The van der Waals surface area contributed by atoms with Crippen LogP contribution in [0, 0.1) is 5.92 Å². The topological polar surface area (TPSA) is 44.5 Å². The van der Waals surface area contributed by atoms with E-state index < -0.39 is 0 Å². The minimum absolute atomic E-state index is 0.196. The van der Waals surface area contributed by atoms with Gasteiger partial charge in [0.05, 0.1) is 19.8 Å². The third-order valence-electron chi connectivity index (χ3n) is 2.06. The second kappa shape index (κ2) is 7.21. The van der Waals surface area contributed by atoms with Crippen molar-refractivity contribution >= 4 is 0 Å². The minimum atomic E-state index is -0.196. The van der Waals surface area contributed by atoms with Crippen molar-refractivity contribution in [2.45, 2.75) is 39.7 Å². The first-order valence-corrected chi connectivity index (χ1v) is 5.42. The number of ether oxygens (including phenoxy) is 2. The molecule has 0 saturated carbocycles. The molecule has 1 atom stereocenters. The van der Waals surface area contributed by atoms with Crippen LogP contribution in [0.3, 0.4) is 0 Å². The molecule has 1 unspecified atom stereocenters. The Bertz CT molecular complexity index is 135. The van der Waals surface area contributed by atoms with Crippen molar-refractivity contribution in [3.63, 3.8) is 0 Å². The molecule has 0 radical (unpaired) electrons. The number of rotatable bonds is 8. The van der Waals surface area contributed by atoms with Crippen molar-refractivity contribution in [1.82, 2.24) is 0 Å². The number of nitrogens with two attached hydrogens (primary N) is 1. The van der Waals surface area contributed by atoms with Crippen LogP contribution in [0.1, 0.15) is 34.1 Å². The van der Waals surface area contributed by atoms with Crippen LogP contribution in [0.25, 0.3) is 0 Å². The maximum absolute atomic E-state index is 5.91. The number of hydrogen-bond donors (Lipinski definition) is 1. The molecule has 3 nitrogen and oxygen atoms in total. The Labute approximate surface area is 88.0 Å². The van der Waals surface area contributed by atoms with Gasteiger partial charge in [-0.3, -0.25) is 0 Å². The predicted molar refractivity (Wildman–Crippen MR) is 59.4 cm³/mol. The van der Waals surface area contributed by atoms with Crippen LogP contribution in [0.2, 0.25) is 0 Å². The molecule has 0 aliphatic heterocycles. The smallest absolute Gasteiger partial charge is 0.0701 e. The van der Waals surface area contributed by atoms with E-state index in [1.807, 2.05) is 6.92 Å². The summed E-state index contributed by atoms with van der Waals surface area (Å²) in [6, 6.07) is 0. The lowest BCUT2D eigenvalue weighted by Gasteiger charge is -2.22.